The van der Waals surface area contributed by atoms with Gasteiger partial charge in [0, 0.05) is 19.0 Å². The van der Waals surface area contributed by atoms with Crippen molar-refractivity contribution >= 4 is 28.5 Å². The molecular formula is C15H18ClN3. The quantitative estimate of drug-likeness (QED) is 0.804. The van der Waals surface area contributed by atoms with Crippen molar-refractivity contribution < 1.29 is 0 Å². The summed E-state index contributed by atoms with van der Waals surface area (Å²) >= 11 is 5.84. The van der Waals surface area contributed by atoms with Crippen LogP contribution in [0.5, 0.6) is 0 Å². The maximum Gasteiger partial charge on any atom is 0.150 e. The molecule has 0 saturated carbocycles. The molecule has 1 aliphatic heterocycles. The van der Waals surface area contributed by atoms with Crippen molar-refractivity contribution in [1.82, 2.24) is 9.97 Å². The van der Waals surface area contributed by atoms with Gasteiger partial charge in [-0.25, -0.2) is 9.97 Å². The van der Waals surface area contributed by atoms with Crippen LogP contribution in [0.3, 0.4) is 0 Å². The van der Waals surface area contributed by atoms with Crippen LogP contribution in [0.15, 0.2) is 24.3 Å². The van der Waals surface area contributed by atoms with Crippen molar-refractivity contribution in [3.05, 3.63) is 30.0 Å². The molecule has 2 aromatic rings. The highest BCUT2D eigenvalue weighted by atomic mass is 35.5. The smallest absolute Gasteiger partial charge is 0.150 e. The Hall–Kier alpha value is -1.35. The minimum absolute atomic E-state index is 0.699. The number of hydrogen-bond donors (Lipinski definition) is 0. The van der Waals surface area contributed by atoms with Crippen molar-refractivity contribution in [2.45, 2.75) is 19.8 Å². The molecular weight excluding hydrogens is 258 g/mol. The summed E-state index contributed by atoms with van der Waals surface area (Å²) in [5, 5.41) is 0. The van der Waals surface area contributed by atoms with Gasteiger partial charge >= 0.3 is 0 Å². The highest BCUT2D eigenvalue weighted by molar-refractivity contribution is 6.17. The second-order valence-corrected chi connectivity index (χ2v) is 5.58. The summed E-state index contributed by atoms with van der Waals surface area (Å²) in [5.41, 5.74) is 2.97. The van der Waals surface area contributed by atoms with Crippen LogP contribution in [0.4, 0.5) is 5.82 Å². The zero-order valence-electron chi connectivity index (χ0n) is 11.1. The molecule has 4 heteroatoms. The number of para-hydroxylation sites is 2. The molecule has 1 aromatic heterocycles. The van der Waals surface area contributed by atoms with Gasteiger partial charge in [0.25, 0.3) is 0 Å². The number of hydrogen-bond acceptors (Lipinski definition) is 3. The first-order valence-electron chi connectivity index (χ1n) is 6.82. The number of alkyl halides is 1. The molecule has 0 bridgehead atoms. The average Bonchev–Trinajstić information content (AvgIpc) is 2.87. The summed E-state index contributed by atoms with van der Waals surface area (Å²) in [5.74, 6) is 2.49. The average molecular weight is 276 g/mol. The van der Waals surface area contributed by atoms with E-state index in [0.29, 0.717) is 5.92 Å². The van der Waals surface area contributed by atoms with Crippen LogP contribution in [0.2, 0.25) is 0 Å². The number of benzene rings is 1. The minimum Gasteiger partial charge on any atom is -0.355 e. The summed E-state index contributed by atoms with van der Waals surface area (Å²) < 4.78 is 0. The normalized spacial score (nSPS) is 19.3. The summed E-state index contributed by atoms with van der Waals surface area (Å²) in [6, 6.07) is 8.05. The van der Waals surface area contributed by atoms with Gasteiger partial charge in [-0.2, -0.15) is 0 Å². The fraction of sp³-hybridized carbons (Fsp3) is 0.467. The third-order valence-electron chi connectivity index (χ3n) is 3.82. The van der Waals surface area contributed by atoms with Crippen LogP contribution < -0.4 is 4.90 Å². The number of nitrogens with zero attached hydrogens (tertiary/aromatic N) is 3. The first-order chi connectivity index (χ1) is 9.28. The molecule has 1 aliphatic rings. The zero-order valence-corrected chi connectivity index (χ0v) is 11.9. The predicted octanol–water partition coefficient (Wildman–Crippen LogP) is 3.39. The third-order valence-corrected chi connectivity index (χ3v) is 4.04. The summed E-state index contributed by atoms with van der Waals surface area (Å²) in [4.78, 5) is 11.8. The van der Waals surface area contributed by atoms with Gasteiger partial charge in [0.05, 0.1) is 16.7 Å². The van der Waals surface area contributed by atoms with E-state index in [0.717, 1.165) is 47.9 Å². The maximum atomic E-state index is 5.84. The highest BCUT2D eigenvalue weighted by Crippen LogP contribution is 2.27. The molecule has 3 rings (SSSR count). The van der Waals surface area contributed by atoms with Crippen molar-refractivity contribution in [3.8, 4) is 0 Å². The minimum atomic E-state index is 0.699. The highest BCUT2D eigenvalue weighted by Gasteiger charge is 2.24. The Balaban J connectivity index is 1.90. The Labute approximate surface area is 118 Å². The molecule has 0 aliphatic carbocycles. The van der Waals surface area contributed by atoms with Crippen LogP contribution in [-0.2, 0) is 0 Å². The molecule has 1 aromatic carbocycles. The third kappa shape index (κ3) is 2.52. The Bertz CT molecular complexity index is 585. The molecule has 100 valence electrons. The lowest BCUT2D eigenvalue weighted by atomic mass is 10.1. The molecule has 1 saturated heterocycles. The molecule has 19 heavy (non-hydrogen) atoms. The molecule has 1 fully saturated rings. The largest absolute Gasteiger partial charge is 0.355 e. The first kappa shape index (κ1) is 12.7. The summed E-state index contributed by atoms with van der Waals surface area (Å²) in [6.07, 6.45) is 2.30. The first-order valence-corrected chi connectivity index (χ1v) is 7.35. The Morgan fingerprint density at radius 3 is 2.74 bits per heavy atom. The lowest BCUT2D eigenvalue weighted by Crippen LogP contribution is -2.22. The van der Waals surface area contributed by atoms with Gasteiger partial charge in [-0.15, -0.1) is 11.6 Å². The SMILES string of the molecule is Cc1nc2ccccc2nc1N1CCC(CCCl)C1. The van der Waals surface area contributed by atoms with Gasteiger partial charge in [-0.1, -0.05) is 12.1 Å². The van der Waals surface area contributed by atoms with Crippen molar-refractivity contribution in [1.29, 1.82) is 0 Å². The number of rotatable bonds is 3. The van der Waals surface area contributed by atoms with Crippen LogP contribution in [0, 0.1) is 12.8 Å². The van der Waals surface area contributed by atoms with Gasteiger partial charge in [0.2, 0.25) is 0 Å². The topological polar surface area (TPSA) is 29.0 Å². The summed E-state index contributed by atoms with van der Waals surface area (Å²) in [6.45, 7) is 4.17. The zero-order chi connectivity index (χ0) is 13.2. The van der Waals surface area contributed by atoms with Crippen molar-refractivity contribution in [2.75, 3.05) is 23.9 Å². The van der Waals surface area contributed by atoms with Gasteiger partial charge in [-0.05, 0) is 37.8 Å². The van der Waals surface area contributed by atoms with Crippen LogP contribution in [0.25, 0.3) is 11.0 Å². The standard InChI is InChI=1S/C15H18ClN3/c1-11-15(19-9-7-12(10-19)6-8-16)18-14-5-3-2-4-13(14)17-11/h2-5,12H,6-10H2,1H3. The molecule has 3 nitrogen and oxygen atoms in total. The van der Waals surface area contributed by atoms with E-state index in [9.17, 15) is 0 Å². The Morgan fingerprint density at radius 2 is 2.00 bits per heavy atom. The maximum absolute atomic E-state index is 5.84. The summed E-state index contributed by atoms with van der Waals surface area (Å²) in [7, 11) is 0. The predicted molar refractivity (Wildman–Crippen MR) is 79.9 cm³/mol. The van der Waals surface area contributed by atoms with E-state index in [1.54, 1.807) is 0 Å². The molecule has 0 N–H and O–H groups in total. The van der Waals surface area contributed by atoms with Crippen LogP contribution in [-0.4, -0.2) is 28.9 Å². The Kier molecular flexibility index (Phi) is 3.56. The van der Waals surface area contributed by atoms with Gasteiger partial charge in [0.1, 0.15) is 0 Å². The molecule has 0 amide bonds. The Morgan fingerprint density at radius 1 is 1.26 bits per heavy atom. The number of fused-ring (bicyclic) bond motifs is 1. The van der Waals surface area contributed by atoms with Crippen molar-refractivity contribution in [3.63, 3.8) is 0 Å². The van der Waals surface area contributed by atoms with Crippen molar-refractivity contribution in [2.24, 2.45) is 5.92 Å². The van der Waals surface area contributed by atoms with E-state index in [-0.39, 0.29) is 0 Å². The number of aryl methyl sites for hydroxylation is 1. The van der Waals surface area contributed by atoms with Gasteiger partial charge in [0.15, 0.2) is 5.82 Å². The molecule has 1 unspecified atom stereocenters. The van der Waals surface area contributed by atoms with Crippen LogP contribution >= 0.6 is 11.6 Å². The lowest BCUT2D eigenvalue weighted by Gasteiger charge is -2.19. The van der Waals surface area contributed by atoms with Gasteiger partial charge < -0.3 is 4.90 Å². The molecule has 0 radical (unpaired) electrons. The lowest BCUT2D eigenvalue weighted by molar-refractivity contribution is 0.572. The second kappa shape index (κ2) is 5.33. The van der Waals surface area contributed by atoms with E-state index in [1.165, 1.54) is 6.42 Å². The monoisotopic (exact) mass is 275 g/mol. The second-order valence-electron chi connectivity index (χ2n) is 5.20. The van der Waals surface area contributed by atoms with E-state index in [2.05, 4.69) is 9.88 Å². The van der Waals surface area contributed by atoms with E-state index < -0.39 is 0 Å². The fourth-order valence-electron chi connectivity index (χ4n) is 2.79. The molecule has 2 heterocycles. The van der Waals surface area contributed by atoms with E-state index in [4.69, 9.17) is 16.6 Å². The van der Waals surface area contributed by atoms with Crippen LogP contribution in [0.1, 0.15) is 18.5 Å². The van der Waals surface area contributed by atoms with E-state index >= 15 is 0 Å². The van der Waals surface area contributed by atoms with E-state index in [1.807, 2.05) is 31.2 Å². The molecule has 1 atom stereocenters. The number of anilines is 1. The fourth-order valence-corrected chi connectivity index (χ4v) is 3.10. The number of aromatic nitrogens is 2. The van der Waals surface area contributed by atoms with Gasteiger partial charge in [-0.3, -0.25) is 0 Å². The molecule has 0 spiro atoms. The number of halogens is 1.